The van der Waals surface area contributed by atoms with Crippen molar-refractivity contribution in [2.24, 2.45) is 0 Å². The molecule has 1 aromatic heterocycles. The molecule has 0 unspecified atom stereocenters. The van der Waals surface area contributed by atoms with Crippen LogP contribution in [0.3, 0.4) is 0 Å². The molecule has 0 saturated heterocycles. The smallest absolute Gasteiger partial charge is 0.375 e. The fourth-order valence-electron chi connectivity index (χ4n) is 0.485. The lowest BCUT2D eigenvalue weighted by atomic mass is 9.97. The van der Waals surface area contributed by atoms with E-state index in [0.29, 0.717) is 5.89 Å². The van der Waals surface area contributed by atoms with Gasteiger partial charge < -0.3 is 4.42 Å². The van der Waals surface area contributed by atoms with E-state index in [0.717, 1.165) is 0 Å². The van der Waals surface area contributed by atoms with E-state index in [1.54, 1.807) is 0 Å². The molecule has 0 aromatic carbocycles. The second kappa shape index (κ2) is 1.97. The molecular weight excluding hydrogens is 134 g/mol. The highest BCUT2D eigenvalue weighted by Crippen LogP contribution is 2.17. The quantitative estimate of drug-likeness (QED) is 0.542. The largest absolute Gasteiger partial charge is 0.542 e. The summed E-state index contributed by atoms with van der Waals surface area (Å²) in [4.78, 5) is 10.3. The highest BCUT2D eigenvalue weighted by atomic mass is 16.6. The van der Waals surface area contributed by atoms with E-state index in [1.165, 1.54) is 0 Å². The summed E-state index contributed by atoms with van der Waals surface area (Å²) in [6.45, 7) is 5.65. The molecule has 0 saturated carbocycles. The Morgan fingerprint density at radius 2 is 2.00 bits per heavy atom. The Hall–Kier alpha value is -1.06. The standard InChI is InChI=1S/C6H9NO3/c1-6(2,3)4-7-10-5(8)9-4/h1-3H3. The van der Waals surface area contributed by atoms with Crippen LogP contribution in [0.2, 0.25) is 0 Å². The Balaban J connectivity index is 3.07. The summed E-state index contributed by atoms with van der Waals surface area (Å²) in [7, 11) is 0. The molecule has 1 rings (SSSR count). The van der Waals surface area contributed by atoms with Crippen molar-refractivity contribution in [2.75, 3.05) is 0 Å². The van der Waals surface area contributed by atoms with Crippen molar-refractivity contribution in [2.45, 2.75) is 26.2 Å². The highest BCUT2D eigenvalue weighted by Gasteiger charge is 2.21. The predicted molar refractivity (Wildman–Crippen MR) is 33.7 cm³/mol. The molecular formula is C6H9NO3. The zero-order chi connectivity index (χ0) is 7.78. The van der Waals surface area contributed by atoms with Crippen molar-refractivity contribution in [3.8, 4) is 0 Å². The average molecular weight is 143 g/mol. The molecule has 0 N–H and O–H groups in total. The van der Waals surface area contributed by atoms with E-state index in [2.05, 4.69) is 14.1 Å². The van der Waals surface area contributed by atoms with Crippen molar-refractivity contribution >= 4 is 0 Å². The summed E-state index contributed by atoms with van der Waals surface area (Å²) < 4.78 is 8.83. The van der Waals surface area contributed by atoms with Crippen molar-refractivity contribution in [3.63, 3.8) is 0 Å². The van der Waals surface area contributed by atoms with Gasteiger partial charge in [0.2, 0.25) is 5.89 Å². The molecule has 0 fully saturated rings. The molecule has 4 nitrogen and oxygen atoms in total. The highest BCUT2D eigenvalue weighted by molar-refractivity contribution is 4.91. The lowest BCUT2D eigenvalue weighted by Gasteiger charge is -2.09. The predicted octanol–water partition coefficient (Wildman–Crippen LogP) is 0.925. The van der Waals surface area contributed by atoms with Crippen LogP contribution in [0.15, 0.2) is 13.7 Å². The van der Waals surface area contributed by atoms with Crippen LogP contribution in [-0.4, -0.2) is 5.16 Å². The maximum absolute atomic E-state index is 10.3. The third kappa shape index (κ3) is 1.26. The Morgan fingerprint density at radius 1 is 1.40 bits per heavy atom. The molecule has 0 radical (unpaired) electrons. The van der Waals surface area contributed by atoms with Crippen LogP contribution in [0.4, 0.5) is 0 Å². The summed E-state index contributed by atoms with van der Waals surface area (Å²) in [5.41, 5.74) is -0.258. The molecule has 1 heterocycles. The first kappa shape index (κ1) is 7.05. The van der Waals surface area contributed by atoms with E-state index in [-0.39, 0.29) is 5.41 Å². The topological polar surface area (TPSA) is 56.2 Å². The third-order valence-corrected chi connectivity index (χ3v) is 1.02. The Bertz CT molecular complexity index is 265. The van der Waals surface area contributed by atoms with Gasteiger partial charge in [0.15, 0.2) is 0 Å². The van der Waals surface area contributed by atoms with Gasteiger partial charge in [-0.3, -0.25) is 4.52 Å². The Kier molecular flexibility index (Phi) is 1.39. The molecule has 0 atom stereocenters. The van der Waals surface area contributed by atoms with Gasteiger partial charge in [-0.2, -0.15) is 0 Å². The number of hydrogen-bond acceptors (Lipinski definition) is 4. The van der Waals surface area contributed by atoms with E-state index < -0.39 is 5.82 Å². The van der Waals surface area contributed by atoms with E-state index in [4.69, 9.17) is 0 Å². The normalized spacial score (nSPS) is 11.9. The summed E-state index contributed by atoms with van der Waals surface area (Å²) in [5.74, 6) is -0.414. The number of hydrogen-bond donors (Lipinski definition) is 0. The lowest BCUT2D eigenvalue weighted by Crippen LogP contribution is -2.11. The first-order chi connectivity index (χ1) is 4.50. The summed E-state index contributed by atoms with van der Waals surface area (Å²) in [5, 5.41) is 3.43. The maximum Gasteiger partial charge on any atom is 0.542 e. The number of nitrogens with zero attached hydrogens (tertiary/aromatic N) is 1. The third-order valence-electron chi connectivity index (χ3n) is 1.02. The van der Waals surface area contributed by atoms with Crippen LogP contribution in [0.25, 0.3) is 0 Å². The monoisotopic (exact) mass is 143 g/mol. The lowest BCUT2D eigenvalue weighted by molar-refractivity contribution is 0.330. The van der Waals surface area contributed by atoms with E-state index in [9.17, 15) is 4.79 Å². The first-order valence-electron chi connectivity index (χ1n) is 2.97. The number of rotatable bonds is 0. The molecule has 0 aliphatic carbocycles. The molecule has 0 amide bonds. The van der Waals surface area contributed by atoms with Gasteiger partial charge in [0.25, 0.3) is 0 Å². The molecule has 1 aromatic rings. The average Bonchev–Trinajstić information content (AvgIpc) is 2.11. The molecule has 56 valence electrons. The van der Waals surface area contributed by atoms with Gasteiger partial charge in [-0.15, -0.1) is 0 Å². The minimum atomic E-state index is -0.745. The SMILES string of the molecule is CC(C)(C)c1noc(=O)o1. The Labute approximate surface area is 57.8 Å². The second-order valence-electron chi connectivity index (χ2n) is 3.09. The van der Waals surface area contributed by atoms with Crippen molar-refractivity contribution in [1.29, 1.82) is 0 Å². The van der Waals surface area contributed by atoms with Gasteiger partial charge in [0.1, 0.15) is 0 Å². The molecule has 10 heavy (non-hydrogen) atoms. The van der Waals surface area contributed by atoms with Gasteiger partial charge in [-0.05, 0) is 5.16 Å². The van der Waals surface area contributed by atoms with Crippen LogP contribution in [0.5, 0.6) is 0 Å². The maximum atomic E-state index is 10.3. The van der Waals surface area contributed by atoms with Gasteiger partial charge in [-0.25, -0.2) is 4.79 Å². The van der Waals surface area contributed by atoms with Crippen LogP contribution in [-0.2, 0) is 5.41 Å². The number of aromatic nitrogens is 1. The molecule has 0 spiro atoms. The zero-order valence-electron chi connectivity index (χ0n) is 6.17. The minimum Gasteiger partial charge on any atom is -0.375 e. The fourth-order valence-corrected chi connectivity index (χ4v) is 0.485. The second-order valence-corrected chi connectivity index (χ2v) is 3.09. The van der Waals surface area contributed by atoms with E-state index >= 15 is 0 Å². The summed E-state index contributed by atoms with van der Waals surface area (Å²) in [6.07, 6.45) is 0. The van der Waals surface area contributed by atoms with Crippen LogP contribution in [0.1, 0.15) is 26.7 Å². The van der Waals surface area contributed by atoms with Gasteiger partial charge in [-0.1, -0.05) is 20.8 Å². The van der Waals surface area contributed by atoms with Crippen molar-refractivity contribution in [1.82, 2.24) is 5.16 Å². The molecule has 0 aliphatic heterocycles. The van der Waals surface area contributed by atoms with Gasteiger partial charge >= 0.3 is 5.82 Å². The molecule has 0 aliphatic rings. The van der Waals surface area contributed by atoms with Gasteiger partial charge in [0, 0.05) is 5.41 Å². The summed E-state index contributed by atoms with van der Waals surface area (Å²) in [6, 6.07) is 0. The fraction of sp³-hybridized carbons (Fsp3) is 0.667. The first-order valence-corrected chi connectivity index (χ1v) is 2.97. The zero-order valence-corrected chi connectivity index (χ0v) is 6.17. The Morgan fingerprint density at radius 3 is 2.20 bits per heavy atom. The van der Waals surface area contributed by atoms with Crippen molar-refractivity contribution < 1.29 is 8.94 Å². The minimum absolute atomic E-state index is 0.258. The molecule has 0 bridgehead atoms. The van der Waals surface area contributed by atoms with Crippen LogP contribution >= 0.6 is 0 Å². The summed E-state index contributed by atoms with van der Waals surface area (Å²) >= 11 is 0. The van der Waals surface area contributed by atoms with Crippen molar-refractivity contribution in [3.05, 3.63) is 16.5 Å². The molecule has 4 heteroatoms. The van der Waals surface area contributed by atoms with Crippen LogP contribution < -0.4 is 5.82 Å². The van der Waals surface area contributed by atoms with Gasteiger partial charge in [0.05, 0.1) is 0 Å². The van der Waals surface area contributed by atoms with E-state index in [1.807, 2.05) is 20.8 Å². The van der Waals surface area contributed by atoms with Crippen LogP contribution in [0, 0.1) is 0 Å².